The molecular weight excluding hydrogens is 208 g/mol. The minimum atomic E-state index is -1.09. The van der Waals surface area contributed by atoms with Crippen LogP contribution in [0.15, 0.2) is 0 Å². The van der Waals surface area contributed by atoms with Crippen LogP contribution in [0.5, 0.6) is 0 Å². The number of imidazole rings is 1. The van der Waals surface area contributed by atoms with Gasteiger partial charge in [-0.15, -0.1) is 0 Å². The zero-order valence-corrected chi connectivity index (χ0v) is 7.51. The summed E-state index contributed by atoms with van der Waals surface area (Å²) in [5.74, 6) is -0.592. The van der Waals surface area contributed by atoms with Gasteiger partial charge in [0, 0.05) is 6.92 Å². The first-order chi connectivity index (χ1) is 7.06. The zero-order chi connectivity index (χ0) is 11.0. The van der Waals surface area contributed by atoms with Crippen LogP contribution in [0.1, 0.15) is 6.92 Å². The molecule has 15 heavy (non-hydrogen) atoms. The Kier molecular flexibility index (Phi) is 2.03. The number of H-pyrrole nitrogens is 1. The predicted molar refractivity (Wildman–Crippen MR) is 45.9 cm³/mol. The Hall–Kier alpha value is -2.12. The molecule has 8 heteroatoms. The molecule has 78 valence electrons. The maximum atomic E-state index is 12.8. The Morgan fingerprint density at radius 2 is 2.07 bits per heavy atom. The van der Waals surface area contributed by atoms with Crippen molar-refractivity contribution in [3.63, 3.8) is 0 Å². The minimum absolute atomic E-state index is 0.0455. The molecule has 0 aliphatic rings. The normalized spacial score (nSPS) is 10.6. The third-order valence-electron chi connectivity index (χ3n) is 1.59. The van der Waals surface area contributed by atoms with Crippen LogP contribution < -0.4 is 5.32 Å². The fourth-order valence-corrected chi connectivity index (χ4v) is 1.10. The van der Waals surface area contributed by atoms with E-state index in [1.807, 2.05) is 0 Å². The highest BCUT2D eigenvalue weighted by atomic mass is 19.1. The summed E-state index contributed by atoms with van der Waals surface area (Å²) in [5.41, 5.74) is -0.132. The van der Waals surface area contributed by atoms with Gasteiger partial charge in [0.2, 0.25) is 5.91 Å². The summed E-state index contributed by atoms with van der Waals surface area (Å²) < 4.78 is 25.5. The number of anilines is 1. The van der Waals surface area contributed by atoms with Gasteiger partial charge < -0.3 is 10.3 Å². The van der Waals surface area contributed by atoms with E-state index < -0.39 is 18.1 Å². The van der Waals surface area contributed by atoms with Crippen molar-refractivity contribution in [1.82, 2.24) is 19.9 Å². The number of nitrogens with zero attached hydrogens (tertiary/aromatic N) is 3. The fourth-order valence-electron chi connectivity index (χ4n) is 1.10. The van der Waals surface area contributed by atoms with Crippen LogP contribution in [0.2, 0.25) is 0 Å². The maximum absolute atomic E-state index is 12.8. The van der Waals surface area contributed by atoms with Crippen molar-refractivity contribution in [1.29, 1.82) is 0 Å². The smallest absolute Gasteiger partial charge is 0.310 e. The van der Waals surface area contributed by atoms with E-state index in [4.69, 9.17) is 0 Å². The lowest BCUT2D eigenvalue weighted by atomic mass is 10.5. The molecule has 2 aromatic heterocycles. The molecule has 0 aliphatic heterocycles. The van der Waals surface area contributed by atoms with Gasteiger partial charge in [0.15, 0.2) is 11.5 Å². The van der Waals surface area contributed by atoms with Crippen LogP contribution in [0, 0.1) is 12.2 Å². The number of carbonyl (C=O) groups excluding carboxylic acids is 1. The highest BCUT2D eigenvalue weighted by Crippen LogP contribution is 2.16. The topological polar surface area (TPSA) is 83.6 Å². The maximum Gasteiger partial charge on any atom is 0.312 e. The molecule has 0 aromatic carbocycles. The number of nitrogens with one attached hydrogen (secondary N) is 2. The summed E-state index contributed by atoms with van der Waals surface area (Å²) in [6, 6.07) is 0. The van der Waals surface area contributed by atoms with E-state index in [2.05, 4.69) is 25.3 Å². The first kappa shape index (κ1) is 9.44. The fraction of sp³-hybridized carbons (Fsp3) is 0.143. The average Bonchev–Trinajstić information content (AvgIpc) is 2.44. The van der Waals surface area contributed by atoms with Crippen LogP contribution in [-0.4, -0.2) is 25.8 Å². The van der Waals surface area contributed by atoms with Crippen molar-refractivity contribution in [3.8, 4) is 0 Å². The number of rotatable bonds is 1. The predicted octanol–water partition coefficient (Wildman–Crippen LogP) is 0.589. The number of carbonyl (C=O) groups is 1. The van der Waals surface area contributed by atoms with E-state index >= 15 is 0 Å². The Labute approximate surface area is 81.8 Å². The van der Waals surface area contributed by atoms with E-state index in [1.54, 1.807) is 0 Å². The van der Waals surface area contributed by atoms with E-state index in [9.17, 15) is 13.6 Å². The molecule has 0 unspecified atom stereocenters. The first-order valence-electron chi connectivity index (χ1n) is 3.92. The zero-order valence-electron chi connectivity index (χ0n) is 7.51. The van der Waals surface area contributed by atoms with Gasteiger partial charge in [0.05, 0.1) is 0 Å². The van der Waals surface area contributed by atoms with Crippen LogP contribution in [0.25, 0.3) is 11.2 Å². The van der Waals surface area contributed by atoms with E-state index in [-0.39, 0.29) is 17.0 Å². The Morgan fingerprint density at radius 1 is 1.33 bits per heavy atom. The molecular formula is C7H5F2N5O. The second kappa shape index (κ2) is 3.23. The van der Waals surface area contributed by atoms with Crippen molar-refractivity contribution >= 4 is 22.9 Å². The van der Waals surface area contributed by atoms with Crippen molar-refractivity contribution in [2.45, 2.75) is 6.92 Å². The highest BCUT2D eigenvalue weighted by Gasteiger charge is 2.13. The lowest BCUT2D eigenvalue weighted by Gasteiger charge is -2.00. The Balaban J connectivity index is 2.64. The summed E-state index contributed by atoms with van der Waals surface area (Å²) in [6.07, 6.45) is -2.01. The van der Waals surface area contributed by atoms with Crippen LogP contribution in [0.3, 0.4) is 0 Å². The van der Waals surface area contributed by atoms with Crippen LogP contribution >= 0.6 is 0 Å². The number of amides is 1. The molecule has 1 amide bonds. The second-order valence-electron chi connectivity index (χ2n) is 2.75. The van der Waals surface area contributed by atoms with Crippen molar-refractivity contribution in [3.05, 3.63) is 12.2 Å². The molecule has 2 N–H and O–H groups in total. The molecule has 0 aliphatic carbocycles. The van der Waals surface area contributed by atoms with Crippen molar-refractivity contribution in [2.75, 3.05) is 5.32 Å². The number of aromatic amines is 1. The average molecular weight is 213 g/mol. The lowest BCUT2D eigenvalue weighted by molar-refractivity contribution is -0.114. The van der Waals surface area contributed by atoms with E-state index in [0.29, 0.717) is 0 Å². The SMILES string of the molecule is CC(=O)Nc1nc(F)nc2nc(F)[nH]c12. The van der Waals surface area contributed by atoms with Gasteiger partial charge in [-0.05, 0) is 0 Å². The summed E-state index contributed by atoms with van der Waals surface area (Å²) >= 11 is 0. The van der Waals surface area contributed by atoms with Gasteiger partial charge in [-0.2, -0.15) is 23.7 Å². The number of fused-ring (bicyclic) bond motifs is 1. The molecule has 0 spiro atoms. The summed E-state index contributed by atoms with van der Waals surface area (Å²) in [5, 5.41) is 2.23. The summed E-state index contributed by atoms with van der Waals surface area (Å²) in [6.45, 7) is 1.22. The largest absolute Gasteiger partial charge is 0.312 e. The van der Waals surface area contributed by atoms with Gasteiger partial charge in [0.1, 0.15) is 5.52 Å². The van der Waals surface area contributed by atoms with Crippen molar-refractivity contribution in [2.24, 2.45) is 0 Å². The molecule has 6 nitrogen and oxygen atoms in total. The third-order valence-corrected chi connectivity index (χ3v) is 1.59. The van der Waals surface area contributed by atoms with Crippen LogP contribution in [-0.2, 0) is 4.79 Å². The van der Waals surface area contributed by atoms with Gasteiger partial charge in [-0.25, -0.2) is 0 Å². The van der Waals surface area contributed by atoms with Gasteiger partial charge >= 0.3 is 6.08 Å². The summed E-state index contributed by atoms with van der Waals surface area (Å²) in [7, 11) is 0. The Bertz CT molecular complexity index is 537. The molecule has 2 heterocycles. The van der Waals surface area contributed by atoms with E-state index in [1.165, 1.54) is 6.92 Å². The molecule has 0 saturated heterocycles. The molecule has 2 aromatic rings. The lowest BCUT2D eigenvalue weighted by Crippen LogP contribution is -2.09. The molecule has 0 radical (unpaired) electrons. The van der Waals surface area contributed by atoms with Gasteiger partial charge in [-0.1, -0.05) is 0 Å². The standard InChI is InChI=1S/C7H5F2N5O/c1-2(15)10-4-3-5(13-6(8)11-3)14-7(9)12-4/h1H3,(H2,10,11,12,13,14,15). The molecule has 0 atom stereocenters. The van der Waals surface area contributed by atoms with E-state index in [0.717, 1.165) is 0 Å². The number of halogens is 2. The Morgan fingerprint density at radius 3 is 2.73 bits per heavy atom. The monoisotopic (exact) mass is 213 g/mol. The van der Waals surface area contributed by atoms with Gasteiger partial charge in [-0.3, -0.25) is 4.79 Å². The third kappa shape index (κ3) is 1.73. The molecule has 0 fully saturated rings. The number of aromatic nitrogens is 4. The molecule has 2 rings (SSSR count). The van der Waals surface area contributed by atoms with Crippen LogP contribution in [0.4, 0.5) is 14.6 Å². The molecule has 0 bridgehead atoms. The number of hydrogen-bond acceptors (Lipinski definition) is 4. The number of hydrogen-bond donors (Lipinski definition) is 2. The molecule has 0 saturated carbocycles. The van der Waals surface area contributed by atoms with Crippen molar-refractivity contribution < 1.29 is 13.6 Å². The first-order valence-corrected chi connectivity index (χ1v) is 3.92. The highest BCUT2D eigenvalue weighted by molar-refractivity contribution is 5.95. The second-order valence-corrected chi connectivity index (χ2v) is 2.75. The summed E-state index contributed by atoms with van der Waals surface area (Å²) in [4.78, 5) is 22.8. The van der Waals surface area contributed by atoms with Gasteiger partial charge in [0.25, 0.3) is 6.08 Å². The quantitative estimate of drug-likeness (QED) is 0.536. The minimum Gasteiger partial charge on any atom is -0.310 e.